The van der Waals surface area contributed by atoms with Crippen LogP contribution in [0.3, 0.4) is 0 Å². The molecule has 0 aliphatic heterocycles. The molecular formula is C17H22N2O. The predicted molar refractivity (Wildman–Crippen MR) is 80.4 cm³/mol. The SMILES string of the molecule is CC(C)(C)CC(C)(C)c1ccc2oc(CC#N)nc2c1. The summed E-state index contributed by atoms with van der Waals surface area (Å²) in [6.07, 6.45) is 1.31. The number of fused-ring (bicyclic) bond motifs is 1. The number of nitrogens with zero attached hydrogens (tertiary/aromatic N) is 2. The van der Waals surface area contributed by atoms with Gasteiger partial charge in [-0.2, -0.15) is 5.26 Å². The largest absolute Gasteiger partial charge is 0.440 e. The lowest BCUT2D eigenvalue weighted by molar-refractivity contribution is 0.284. The van der Waals surface area contributed by atoms with Crippen molar-refractivity contribution < 1.29 is 4.42 Å². The molecule has 2 aromatic rings. The second kappa shape index (κ2) is 4.94. The standard InChI is InChI=1S/C17H22N2O/c1-16(2,3)11-17(4,5)12-6-7-14-13(10-12)19-15(20-14)8-9-18/h6-7,10H,8,11H2,1-5H3. The lowest BCUT2D eigenvalue weighted by Crippen LogP contribution is -2.24. The van der Waals surface area contributed by atoms with Gasteiger partial charge >= 0.3 is 0 Å². The van der Waals surface area contributed by atoms with E-state index in [0.29, 0.717) is 5.89 Å². The Morgan fingerprint density at radius 2 is 1.90 bits per heavy atom. The number of aromatic nitrogens is 1. The van der Waals surface area contributed by atoms with Crippen LogP contribution in [0.4, 0.5) is 0 Å². The van der Waals surface area contributed by atoms with Crippen LogP contribution in [0.2, 0.25) is 0 Å². The quantitative estimate of drug-likeness (QED) is 0.818. The highest BCUT2D eigenvalue weighted by atomic mass is 16.3. The molecule has 1 aromatic carbocycles. The number of benzene rings is 1. The van der Waals surface area contributed by atoms with Crippen molar-refractivity contribution >= 4 is 11.1 Å². The molecule has 0 unspecified atom stereocenters. The van der Waals surface area contributed by atoms with Crippen molar-refractivity contribution in [1.29, 1.82) is 5.26 Å². The highest BCUT2D eigenvalue weighted by Crippen LogP contribution is 2.37. The average molecular weight is 270 g/mol. The summed E-state index contributed by atoms with van der Waals surface area (Å²) in [6.45, 7) is 11.3. The van der Waals surface area contributed by atoms with Crippen LogP contribution in [0, 0.1) is 16.7 Å². The molecule has 0 aliphatic carbocycles. The van der Waals surface area contributed by atoms with E-state index >= 15 is 0 Å². The molecule has 3 heteroatoms. The maximum absolute atomic E-state index is 8.71. The second-order valence-electron chi connectivity index (χ2n) is 7.25. The highest BCUT2D eigenvalue weighted by Gasteiger charge is 2.27. The number of hydrogen-bond donors (Lipinski definition) is 0. The zero-order valence-corrected chi connectivity index (χ0v) is 12.9. The van der Waals surface area contributed by atoms with Crippen LogP contribution in [-0.2, 0) is 11.8 Å². The smallest absolute Gasteiger partial charge is 0.209 e. The van der Waals surface area contributed by atoms with E-state index in [1.807, 2.05) is 6.07 Å². The third kappa shape index (κ3) is 3.19. The summed E-state index contributed by atoms with van der Waals surface area (Å²) in [5.41, 5.74) is 3.21. The van der Waals surface area contributed by atoms with Gasteiger partial charge in [-0.1, -0.05) is 40.7 Å². The normalized spacial score (nSPS) is 12.6. The Morgan fingerprint density at radius 1 is 1.20 bits per heavy atom. The zero-order chi connectivity index (χ0) is 15.0. The van der Waals surface area contributed by atoms with Gasteiger partial charge in [-0.05, 0) is 34.9 Å². The number of hydrogen-bond acceptors (Lipinski definition) is 3. The van der Waals surface area contributed by atoms with E-state index in [9.17, 15) is 0 Å². The average Bonchev–Trinajstić information content (AvgIpc) is 2.67. The molecule has 0 spiro atoms. The van der Waals surface area contributed by atoms with Gasteiger partial charge in [0.25, 0.3) is 0 Å². The Balaban J connectivity index is 2.38. The maximum atomic E-state index is 8.71. The Bertz CT molecular complexity index is 654. The van der Waals surface area contributed by atoms with Gasteiger partial charge in [0.1, 0.15) is 11.9 Å². The molecule has 0 atom stereocenters. The molecule has 0 saturated heterocycles. The van der Waals surface area contributed by atoms with E-state index in [0.717, 1.165) is 17.5 Å². The Hall–Kier alpha value is -1.82. The third-order valence-corrected chi connectivity index (χ3v) is 3.42. The van der Waals surface area contributed by atoms with E-state index in [2.05, 4.69) is 57.8 Å². The van der Waals surface area contributed by atoms with Crippen molar-refractivity contribution in [1.82, 2.24) is 4.98 Å². The van der Waals surface area contributed by atoms with E-state index in [-0.39, 0.29) is 17.3 Å². The van der Waals surface area contributed by atoms with E-state index < -0.39 is 0 Å². The summed E-state index contributed by atoms with van der Waals surface area (Å²) in [5.74, 6) is 0.494. The fourth-order valence-corrected chi connectivity index (χ4v) is 2.97. The zero-order valence-electron chi connectivity index (χ0n) is 12.9. The van der Waals surface area contributed by atoms with Gasteiger partial charge < -0.3 is 4.42 Å². The van der Waals surface area contributed by atoms with Gasteiger partial charge in [0.2, 0.25) is 5.89 Å². The lowest BCUT2D eigenvalue weighted by Gasteiger charge is -2.32. The Morgan fingerprint density at radius 3 is 2.50 bits per heavy atom. The molecule has 1 heterocycles. The second-order valence-corrected chi connectivity index (χ2v) is 7.25. The van der Waals surface area contributed by atoms with Crippen LogP contribution in [0.25, 0.3) is 11.1 Å². The maximum Gasteiger partial charge on any atom is 0.209 e. The van der Waals surface area contributed by atoms with E-state index in [1.54, 1.807) is 0 Å². The van der Waals surface area contributed by atoms with Crippen molar-refractivity contribution in [2.45, 2.75) is 52.9 Å². The molecule has 0 aliphatic rings. The molecule has 2 rings (SSSR count). The minimum atomic E-state index is 0.0841. The van der Waals surface area contributed by atoms with Gasteiger partial charge in [-0.25, -0.2) is 4.98 Å². The van der Waals surface area contributed by atoms with E-state index in [4.69, 9.17) is 9.68 Å². The topological polar surface area (TPSA) is 49.8 Å². The van der Waals surface area contributed by atoms with Crippen molar-refractivity contribution in [3.8, 4) is 6.07 Å². The minimum absolute atomic E-state index is 0.0841. The van der Waals surface area contributed by atoms with Gasteiger partial charge in [-0.15, -0.1) is 0 Å². The first-order chi connectivity index (χ1) is 9.21. The number of rotatable bonds is 3. The summed E-state index contributed by atoms with van der Waals surface area (Å²) >= 11 is 0. The first kappa shape index (κ1) is 14.6. The van der Waals surface area contributed by atoms with Gasteiger partial charge in [-0.3, -0.25) is 0 Å². The monoisotopic (exact) mass is 270 g/mol. The molecule has 0 bridgehead atoms. The van der Waals surface area contributed by atoms with Gasteiger partial charge in [0.05, 0.1) is 6.07 Å². The molecular weight excluding hydrogens is 248 g/mol. The third-order valence-electron chi connectivity index (χ3n) is 3.42. The molecule has 106 valence electrons. The molecule has 20 heavy (non-hydrogen) atoms. The number of nitriles is 1. The van der Waals surface area contributed by atoms with Crippen LogP contribution in [0.5, 0.6) is 0 Å². The lowest BCUT2D eigenvalue weighted by atomic mass is 9.72. The van der Waals surface area contributed by atoms with Crippen LogP contribution >= 0.6 is 0 Å². The van der Waals surface area contributed by atoms with Crippen molar-refractivity contribution in [3.63, 3.8) is 0 Å². The van der Waals surface area contributed by atoms with Crippen molar-refractivity contribution in [2.24, 2.45) is 5.41 Å². The Labute approximate surface area is 120 Å². The van der Waals surface area contributed by atoms with Crippen LogP contribution in [0.1, 0.15) is 52.5 Å². The van der Waals surface area contributed by atoms with Crippen LogP contribution in [-0.4, -0.2) is 4.98 Å². The first-order valence-electron chi connectivity index (χ1n) is 6.98. The number of oxazole rings is 1. The van der Waals surface area contributed by atoms with E-state index in [1.165, 1.54) is 5.56 Å². The summed E-state index contributed by atoms with van der Waals surface area (Å²) < 4.78 is 5.54. The highest BCUT2D eigenvalue weighted by molar-refractivity contribution is 5.73. The molecule has 0 saturated carbocycles. The Kier molecular flexibility index (Phi) is 3.60. The minimum Gasteiger partial charge on any atom is -0.440 e. The summed E-state index contributed by atoms with van der Waals surface area (Å²) in [7, 11) is 0. The fourth-order valence-electron chi connectivity index (χ4n) is 2.97. The summed E-state index contributed by atoms with van der Waals surface area (Å²) in [4.78, 5) is 4.38. The molecule has 0 radical (unpaired) electrons. The summed E-state index contributed by atoms with van der Waals surface area (Å²) in [6, 6.07) is 8.22. The molecule has 0 fully saturated rings. The van der Waals surface area contributed by atoms with Crippen molar-refractivity contribution in [2.75, 3.05) is 0 Å². The van der Waals surface area contributed by atoms with Gasteiger partial charge in [0.15, 0.2) is 5.58 Å². The van der Waals surface area contributed by atoms with Crippen LogP contribution < -0.4 is 0 Å². The van der Waals surface area contributed by atoms with Crippen LogP contribution in [0.15, 0.2) is 22.6 Å². The first-order valence-corrected chi connectivity index (χ1v) is 6.98. The molecule has 1 aromatic heterocycles. The molecule has 0 amide bonds. The van der Waals surface area contributed by atoms with Gasteiger partial charge in [0, 0.05) is 0 Å². The predicted octanol–water partition coefficient (Wildman–Crippen LogP) is 4.61. The summed E-state index contributed by atoms with van der Waals surface area (Å²) in [5, 5.41) is 8.71. The fraction of sp³-hybridized carbons (Fsp3) is 0.529. The van der Waals surface area contributed by atoms with Crippen molar-refractivity contribution in [3.05, 3.63) is 29.7 Å². The molecule has 3 nitrogen and oxygen atoms in total. The molecule has 0 N–H and O–H groups in total.